The SMILES string of the molecule is C#CC(C)(C)NS(=O)(=O)c1ccc(=O)[nH]c1. The van der Waals surface area contributed by atoms with Crippen LogP contribution in [-0.4, -0.2) is 18.9 Å². The van der Waals surface area contributed by atoms with E-state index in [9.17, 15) is 13.2 Å². The van der Waals surface area contributed by atoms with Crippen LogP contribution >= 0.6 is 0 Å². The molecule has 0 aliphatic carbocycles. The average molecular weight is 240 g/mol. The van der Waals surface area contributed by atoms with E-state index in [-0.39, 0.29) is 10.5 Å². The fourth-order valence-corrected chi connectivity index (χ4v) is 2.30. The highest BCUT2D eigenvalue weighted by Gasteiger charge is 2.24. The van der Waals surface area contributed by atoms with Crippen LogP contribution in [0.25, 0.3) is 0 Å². The Kier molecular flexibility index (Phi) is 3.21. The number of aromatic nitrogens is 1. The maximum atomic E-state index is 11.8. The molecule has 2 N–H and O–H groups in total. The van der Waals surface area contributed by atoms with Crippen LogP contribution in [0.5, 0.6) is 0 Å². The Morgan fingerprint density at radius 1 is 1.44 bits per heavy atom. The third kappa shape index (κ3) is 2.95. The lowest BCUT2D eigenvalue weighted by atomic mass is 10.1. The van der Waals surface area contributed by atoms with Gasteiger partial charge in [-0.15, -0.1) is 6.42 Å². The fraction of sp³-hybridized carbons (Fsp3) is 0.300. The number of sulfonamides is 1. The van der Waals surface area contributed by atoms with Gasteiger partial charge in [0.1, 0.15) is 0 Å². The van der Waals surface area contributed by atoms with Gasteiger partial charge in [-0.1, -0.05) is 5.92 Å². The van der Waals surface area contributed by atoms with Crippen LogP contribution in [0.2, 0.25) is 0 Å². The molecule has 0 saturated carbocycles. The first-order chi connectivity index (χ1) is 7.27. The van der Waals surface area contributed by atoms with Crippen molar-refractivity contribution >= 4 is 10.0 Å². The Morgan fingerprint density at radius 2 is 2.06 bits per heavy atom. The molecule has 1 heterocycles. The quantitative estimate of drug-likeness (QED) is 0.733. The average Bonchev–Trinajstić information content (AvgIpc) is 2.17. The van der Waals surface area contributed by atoms with E-state index in [2.05, 4.69) is 15.6 Å². The largest absolute Gasteiger partial charge is 0.328 e. The minimum atomic E-state index is -3.71. The number of hydrogen-bond donors (Lipinski definition) is 2. The molecule has 0 aliphatic rings. The molecule has 0 amide bonds. The van der Waals surface area contributed by atoms with Gasteiger partial charge in [0.2, 0.25) is 15.6 Å². The summed E-state index contributed by atoms with van der Waals surface area (Å²) < 4.78 is 25.9. The number of aromatic amines is 1. The van der Waals surface area contributed by atoms with Crippen LogP contribution in [0.3, 0.4) is 0 Å². The van der Waals surface area contributed by atoms with E-state index in [1.54, 1.807) is 13.8 Å². The fourth-order valence-electron chi connectivity index (χ4n) is 0.988. The van der Waals surface area contributed by atoms with Crippen LogP contribution in [0.4, 0.5) is 0 Å². The van der Waals surface area contributed by atoms with Gasteiger partial charge >= 0.3 is 0 Å². The highest BCUT2D eigenvalue weighted by atomic mass is 32.2. The minimum Gasteiger partial charge on any atom is -0.328 e. The van der Waals surface area contributed by atoms with Crippen LogP contribution < -0.4 is 10.3 Å². The molecule has 1 rings (SSSR count). The molecular weight excluding hydrogens is 228 g/mol. The second kappa shape index (κ2) is 4.12. The molecular formula is C10H12N2O3S. The maximum Gasteiger partial charge on any atom is 0.247 e. The molecule has 5 nitrogen and oxygen atoms in total. The van der Waals surface area contributed by atoms with Crippen LogP contribution in [0.15, 0.2) is 28.0 Å². The molecule has 0 radical (unpaired) electrons. The lowest BCUT2D eigenvalue weighted by Gasteiger charge is -2.19. The van der Waals surface area contributed by atoms with Crippen molar-refractivity contribution in [2.24, 2.45) is 0 Å². The maximum absolute atomic E-state index is 11.8. The third-order valence-corrected chi connectivity index (χ3v) is 3.47. The summed E-state index contributed by atoms with van der Waals surface area (Å²) in [5.74, 6) is 2.32. The normalized spacial score (nSPS) is 12.1. The summed E-state index contributed by atoms with van der Waals surface area (Å²) in [6.07, 6.45) is 6.30. The van der Waals surface area contributed by atoms with E-state index < -0.39 is 15.6 Å². The van der Waals surface area contributed by atoms with Gasteiger partial charge in [-0.05, 0) is 19.9 Å². The molecule has 0 atom stereocenters. The van der Waals surface area contributed by atoms with Gasteiger partial charge in [0.15, 0.2) is 0 Å². The topological polar surface area (TPSA) is 79.0 Å². The molecule has 1 aromatic heterocycles. The summed E-state index contributed by atoms with van der Waals surface area (Å²) in [5.41, 5.74) is -1.34. The molecule has 0 fully saturated rings. The van der Waals surface area contributed by atoms with Crippen molar-refractivity contribution in [2.75, 3.05) is 0 Å². The van der Waals surface area contributed by atoms with E-state index >= 15 is 0 Å². The molecule has 86 valence electrons. The van der Waals surface area contributed by atoms with Gasteiger partial charge in [-0.25, -0.2) is 8.42 Å². The lowest BCUT2D eigenvalue weighted by molar-refractivity contribution is 0.538. The number of H-pyrrole nitrogens is 1. The minimum absolute atomic E-state index is 0.0320. The first-order valence-corrected chi connectivity index (χ1v) is 5.96. The van der Waals surface area contributed by atoms with Crippen LogP contribution in [0.1, 0.15) is 13.8 Å². The van der Waals surface area contributed by atoms with Gasteiger partial charge in [0.25, 0.3) is 0 Å². The first-order valence-electron chi connectivity index (χ1n) is 4.47. The molecule has 16 heavy (non-hydrogen) atoms. The number of hydrogen-bond acceptors (Lipinski definition) is 3. The van der Waals surface area contributed by atoms with Crippen molar-refractivity contribution in [1.29, 1.82) is 0 Å². The van der Waals surface area contributed by atoms with Gasteiger partial charge in [0.05, 0.1) is 10.4 Å². The smallest absolute Gasteiger partial charge is 0.247 e. The number of nitrogens with one attached hydrogen (secondary N) is 2. The van der Waals surface area contributed by atoms with Gasteiger partial charge in [-0.3, -0.25) is 4.79 Å². The summed E-state index contributed by atoms with van der Waals surface area (Å²) >= 11 is 0. The molecule has 0 spiro atoms. The standard InChI is InChI=1S/C10H12N2O3S/c1-4-10(2,3)12-16(14,15)8-5-6-9(13)11-7-8/h1,5-7,12H,2-3H3,(H,11,13). The molecule has 6 heteroatoms. The summed E-state index contributed by atoms with van der Waals surface area (Å²) in [6.45, 7) is 3.13. The van der Waals surface area contributed by atoms with Crippen molar-refractivity contribution < 1.29 is 8.42 Å². The number of pyridine rings is 1. The number of terminal acetylenes is 1. The van der Waals surface area contributed by atoms with E-state index in [0.29, 0.717) is 0 Å². The van der Waals surface area contributed by atoms with E-state index in [0.717, 1.165) is 12.3 Å². The van der Waals surface area contributed by atoms with Crippen molar-refractivity contribution in [2.45, 2.75) is 24.3 Å². The predicted octanol–water partition coefficient (Wildman–Crippen LogP) is 0.0650. The second-order valence-corrected chi connectivity index (χ2v) is 5.45. The zero-order chi connectivity index (χ0) is 12.4. The molecule has 1 aromatic rings. The Bertz CT molecular complexity index is 558. The highest BCUT2D eigenvalue weighted by Crippen LogP contribution is 2.09. The van der Waals surface area contributed by atoms with Gasteiger partial charge < -0.3 is 4.98 Å². The highest BCUT2D eigenvalue weighted by molar-refractivity contribution is 7.89. The van der Waals surface area contributed by atoms with Gasteiger partial charge in [-0.2, -0.15) is 4.72 Å². The Labute approximate surface area is 93.9 Å². The summed E-state index contributed by atoms with van der Waals surface area (Å²) in [6, 6.07) is 2.35. The van der Waals surface area contributed by atoms with Crippen molar-refractivity contribution in [3.05, 3.63) is 28.7 Å². The molecule has 0 bridgehead atoms. The summed E-state index contributed by atoms with van der Waals surface area (Å²) in [4.78, 5) is 13.0. The van der Waals surface area contributed by atoms with Crippen molar-refractivity contribution in [3.8, 4) is 12.3 Å². The Hall–Kier alpha value is -1.58. The summed E-state index contributed by atoms with van der Waals surface area (Å²) in [7, 11) is -3.71. The lowest BCUT2D eigenvalue weighted by Crippen LogP contribution is -2.42. The van der Waals surface area contributed by atoms with Crippen molar-refractivity contribution in [1.82, 2.24) is 9.71 Å². The van der Waals surface area contributed by atoms with Crippen molar-refractivity contribution in [3.63, 3.8) is 0 Å². The van der Waals surface area contributed by atoms with Crippen LogP contribution in [-0.2, 0) is 10.0 Å². The zero-order valence-electron chi connectivity index (χ0n) is 8.94. The molecule has 0 unspecified atom stereocenters. The van der Waals surface area contributed by atoms with E-state index in [4.69, 9.17) is 6.42 Å². The van der Waals surface area contributed by atoms with E-state index in [1.165, 1.54) is 6.07 Å². The van der Waals surface area contributed by atoms with Gasteiger partial charge in [0, 0.05) is 12.3 Å². The second-order valence-electron chi connectivity index (χ2n) is 3.76. The first kappa shape index (κ1) is 12.5. The third-order valence-electron chi connectivity index (χ3n) is 1.82. The number of rotatable bonds is 3. The van der Waals surface area contributed by atoms with Crippen LogP contribution in [0, 0.1) is 12.3 Å². The predicted molar refractivity (Wildman–Crippen MR) is 60.3 cm³/mol. The Morgan fingerprint density at radius 3 is 2.50 bits per heavy atom. The molecule has 0 aliphatic heterocycles. The Balaban J connectivity index is 3.10. The summed E-state index contributed by atoms with van der Waals surface area (Å²) in [5, 5.41) is 0. The monoisotopic (exact) mass is 240 g/mol. The molecule has 0 aromatic carbocycles. The molecule has 0 saturated heterocycles. The zero-order valence-corrected chi connectivity index (χ0v) is 9.76. The van der Waals surface area contributed by atoms with E-state index in [1.807, 2.05) is 0 Å².